The van der Waals surface area contributed by atoms with Crippen molar-refractivity contribution in [2.45, 2.75) is 6.18 Å². The molecular weight excluding hydrogens is 515 g/mol. The molecule has 1 saturated heterocycles. The van der Waals surface area contributed by atoms with E-state index in [1.54, 1.807) is 36.4 Å². The van der Waals surface area contributed by atoms with E-state index in [0.29, 0.717) is 22.5 Å². The number of aliphatic carboxylic acids is 1. The number of rotatable bonds is 6. The van der Waals surface area contributed by atoms with Gasteiger partial charge in [-0.2, -0.15) is 13.2 Å². The second kappa shape index (κ2) is 12.4. The van der Waals surface area contributed by atoms with Gasteiger partial charge in [0.1, 0.15) is 13.1 Å². The second-order valence-electron chi connectivity index (χ2n) is 6.81. The number of halogens is 4. The molecule has 13 heteroatoms. The zero-order chi connectivity index (χ0) is 24.4. The third-order valence-electron chi connectivity index (χ3n) is 4.41. The molecule has 180 valence electrons. The number of hydrogen-bond acceptors (Lipinski definition) is 5. The fourth-order valence-corrected chi connectivity index (χ4v) is 3.01. The quantitative estimate of drug-likeness (QED) is 0.444. The van der Waals surface area contributed by atoms with Gasteiger partial charge in [0.05, 0.1) is 26.3 Å². The molecule has 2 heterocycles. The van der Waals surface area contributed by atoms with Crippen LogP contribution in [-0.4, -0.2) is 68.5 Å². The smallest absolute Gasteiger partial charge is 0.475 e. The minimum atomic E-state index is -5.08. The summed E-state index contributed by atoms with van der Waals surface area (Å²) in [5, 5.41) is 12.8. The zero-order valence-electron chi connectivity index (χ0n) is 17.2. The van der Waals surface area contributed by atoms with Crippen LogP contribution in [0.4, 0.5) is 18.9 Å². The first-order valence-electron chi connectivity index (χ1n) is 9.72. The molecule has 1 aromatic carbocycles. The fraction of sp³-hybridized carbons (Fsp3) is 0.350. The Balaban J connectivity index is 0.000000479. The van der Waals surface area contributed by atoms with E-state index >= 15 is 0 Å². The summed E-state index contributed by atoms with van der Waals surface area (Å²) in [5.41, 5.74) is 1.15. The Morgan fingerprint density at radius 1 is 1.03 bits per heavy atom. The number of furan rings is 1. The summed E-state index contributed by atoms with van der Waals surface area (Å²) < 4.78 is 42.8. The lowest BCUT2D eigenvalue weighted by Crippen LogP contribution is -3.14. The number of carbonyl (C=O) groups excluding carboxylic acids is 2. The number of ether oxygens (including phenoxy) is 1. The standard InChI is InChI=1S/C18H20BrN3O4.C2HF3O2/c19-16-6-5-15(26-16)18(24)21-14-3-1-13(2-4-14)17(23)20-7-8-22-9-11-25-12-10-22;3-2(4,5)1(6)7/h1-6H,7-12H2,(H,20,23)(H,21,24);(H,6,7)/p+1. The van der Waals surface area contributed by atoms with Crippen LogP contribution in [0.1, 0.15) is 20.9 Å². The zero-order valence-corrected chi connectivity index (χ0v) is 18.8. The van der Waals surface area contributed by atoms with Crippen LogP contribution in [0, 0.1) is 0 Å². The fourth-order valence-electron chi connectivity index (χ4n) is 2.70. The number of amides is 2. The number of carboxylic acid groups (broad SMARTS) is 1. The number of anilines is 1. The summed E-state index contributed by atoms with van der Waals surface area (Å²) in [6.45, 7) is 5.05. The van der Waals surface area contributed by atoms with Gasteiger partial charge in [0, 0.05) is 11.3 Å². The van der Waals surface area contributed by atoms with Crippen LogP contribution < -0.4 is 15.5 Å². The van der Waals surface area contributed by atoms with E-state index < -0.39 is 12.1 Å². The summed E-state index contributed by atoms with van der Waals surface area (Å²) >= 11 is 3.16. The van der Waals surface area contributed by atoms with Gasteiger partial charge in [0.15, 0.2) is 10.4 Å². The van der Waals surface area contributed by atoms with Crippen LogP contribution in [0.5, 0.6) is 0 Å². The summed E-state index contributed by atoms with van der Waals surface area (Å²) in [7, 11) is 0. The third kappa shape index (κ3) is 9.24. The Hall–Kier alpha value is -2.90. The molecule has 0 aliphatic carbocycles. The number of alkyl halides is 3. The number of morpholine rings is 1. The number of nitrogens with one attached hydrogen (secondary N) is 3. The first-order valence-corrected chi connectivity index (χ1v) is 10.5. The van der Waals surface area contributed by atoms with Crippen molar-refractivity contribution in [3.05, 3.63) is 52.4 Å². The Labute approximate surface area is 195 Å². The highest BCUT2D eigenvalue weighted by Gasteiger charge is 2.38. The molecule has 0 bridgehead atoms. The van der Waals surface area contributed by atoms with Crippen molar-refractivity contribution in [2.75, 3.05) is 44.7 Å². The number of hydrogen-bond donors (Lipinski definition) is 4. The summed E-state index contributed by atoms with van der Waals surface area (Å²) in [5.74, 6) is -3.01. The monoisotopic (exact) mass is 536 g/mol. The van der Waals surface area contributed by atoms with Crippen molar-refractivity contribution in [3.63, 3.8) is 0 Å². The molecule has 1 aliphatic rings. The van der Waals surface area contributed by atoms with Crippen LogP contribution in [0.15, 0.2) is 45.5 Å². The highest BCUT2D eigenvalue weighted by Crippen LogP contribution is 2.16. The molecule has 0 unspecified atom stereocenters. The van der Waals surface area contributed by atoms with E-state index in [1.807, 2.05) is 0 Å². The van der Waals surface area contributed by atoms with Crippen LogP contribution in [0.2, 0.25) is 0 Å². The molecule has 1 fully saturated rings. The van der Waals surface area contributed by atoms with E-state index in [9.17, 15) is 22.8 Å². The molecule has 0 radical (unpaired) electrons. The van der Waals surface area contributed by atoms with Crippen molar-refractivity contribution >= 4 is 39.4 Å². The largest absolute Gasteiger partial charge is 0.490 e. The average Bonchev–Trinajstić information content (AvgIpc) is 3.21. The first kappa shape index (κ1) is 26.4. The maximum Gasteiger partial charge on any atom is 0.490 e. The minimum Gasteiger partial charge on any atom is -0.475 e. The van der Waals surface area contributed by atoms with Crippen molar-refractivity contribution < 1.29 is 46.7 Å². The molecule has 1 aromatic heterocycles. The van der Waals surface area contributed by atoms with E-state index in [0.717, 1.165) is 32.8 Å². The second-order valence-corrected chi connectivity index (χ2v) is 7.59. The Morgan fingerprint density at radius 3 is 2.15 bits per heavy atom. The van der Waals surface area contributed by atoms with Crippen molar-refractivity contribution in [3.8, 4) is 0 Å². The number of carbonyl (C=O) groups is 3. The van der Waals surface area contributed by atoms with Gasteiger partial charge in [-0.3, -0.25) is 9.59 Å². The average molecular weight is 537 g/mol. The van der Waals surface area contributed by atoms with Crippen LogP contribution in [0.3, 0.4) is 0 Å². The minimum absolute atomic E-state index is 0.120. The predicted molar refractivity (Wildman–Crippen MR) is 113 cm³/mol. The SMILES string of the molecule is O=C(NCC[NH+]1CCOCC1)c1ccc(NC(=O)c2ccc(Br)o2)cc1.O=C(O)C(F)(F)F. The summed E-state index contributed by atoms with van der Waals surface area (Å²) in [6.07, 6.45) is -5.08. The molecule has 2 aromatic rings. The van der Waals surface area contributed by atoms with Crippen LogP contribution in [-0.2, 0) is 9.53 Å². The Bertz CT molecular complexity index is 943. The maximum atomic E-state index is 12.2. The molecule has 2 amide bonds. The van der Waals surface area contributed by atoms with Gasteiger partial charge in [0.25, 0.3) is 11.8 Å². The van der Waals surface area contributed by atoms with Gasteiger partial charge in [-0.25, -0.2) is 4.79 Å². The first-order chi connectivity index (χ1) is 15.6. The van der Waals surface area contributed by atoms with Gasteiger partial charge >= 0.3 is 12.1 Å². The third-order valence-corrected chi connectivity index (χ3v) is 4.83. The molecule has 0 saturated carbocycles. The van der Waals surface area contributed by atoms with Gasteiger partial charge in [-0.1, -0.05) is 0 Å². The van der Waals surface area contributed by atoms with Gasteiger partial charge < -0.3 is 29.8 Å². The topological polar surface area (TPSA) is 122 Å². The summed E-state index contributed by atoms with van der Waals surface area (Å²) in [6, 6.07) is 9.99. The van der Waals surface area contributed by atoms with E-state index in [2.05, 4.69) is 26.6 Å². The number of quaternary nitrogens is 1. The normalized spacial score (nSPS) is 14.1. The lowest BCUT2D eigenvalue weighted by Gasteiger charge is -2.23. The predicted octanol–water partition coefficient (Wildman–Crippen LogP) is 1.57. The van der Waals surface area contributed by atoms with E-state index in [4.69, 9.17) is 19.1 Å². The van der Waals surface area contributed by atoms with Crippen LogP contribution >= 0.6 is 15.9 Å². The van der Waals surface area contributed by atoms with Gasteiger partial charge in [-0.05, 0) is 52.3 Å². The maximum absolute atomic E-state index is 12.2. The van der Waals surface area contributed by atoms with E-state index in [1.165, 1.54) is 4.90 Å². The molecule has 9 nitrogen and oxygen atoms in total. The highest BCUT2D eigenvalue weighted by atomic mass is 79.9. The molecular formula is C20H22BrF3N3O6+. The lowest BCUT2D eigenvalue weighted by molar-refractivity contribution is -0.906. The van der Waals surface area contributed by atoms with Crippen molar-refractivity contribution in [1.29, 1.82) is 0 Å². The number of carboxylic acids is 1. The molecule has 3 rings (SSSR count). The van der Waals surface area contributed by atoms with Crippen molar-refractivity contribution in [2.24, 2.45) is 0 Å². The highest BCUT2D eigenvalue weighted by molar-refractivity contribution is 9.10. The Morgan fingerprint density at radius 2 is 1.64 bits per heavy atom. The Kier molecular flexibility index (Phi) is 9.88. The van der Waals surface area contributed by atoms with Crippen molar-refractivity contribution in [1.82, 2.24) is 5.32 Å². The molecule has 1 aliphatic heterocycles. The molecule has 4 N–H and O–H groups in total. The molecule has 0 spiro atoms. The summed E-state index contributed by atoms with van der Waals surface area (Å²) in [4.78, 5) is 34.6. The number of benzene rings is 1. The van der Waals surface area contributed by atoms with Gasteiger partial charge in [-0.15, -0.1) is 0 Å². The lowest BCUT2D eigenvalue weighted by atomic mass is 10.2. The molecule has 0 atom stereocenters. The van der Waals surface area contributed by atoms with E-state index in [-0.39, 0.29) is 17.6 Å². The molecule has 33 heavy (non-hydrogen) atoms. The van der Waals surface area contributed by atoms with Crippen LogP contribution in [0.25, 0.3) is 0 Å². The van der Waals surface area contributed by atoms with Gasteiger partial charge in [0.2, 0.25) is 0 Å².